The van der Waals surface area contributed by atoms with Gasteiger partial charge in [0.15, 0.2) is 11.5 Å². The summed E-state index contributed by atoms with van der Waals surface area (Å²) in [6.45, 7) is 2.19. The zero-order chi connectivity index (χ0) is 19.4. The summed E-state index contributed by atoms with van der Waals surface area (Å²) in [6, 6.07) is 7.02. The minimum atomic E-state index is -0.225. The van der Waals surface area contributed by atoms with Crippen LogP contribution in [0.2, 0.25) is 5.02 Å². The Labute approximate surface area is 162 Å². The molecule has 0 unspecified atom stereocenters. The van der Waals surface area contributed by atoms with E-state index in [-0.39, 0.29) is 5.91 Å². The van der Waals surface area contributed by atoms with Crippen LogP contribution in [0.15, 0.2) is 42.7 Å². The summed E-state index contributed by atoms with van der Waals surface area (Å²) in [4.78, 5) is 17.1. The van der Waals surface area contributed by atoms with Crippen molar-refractivity contribution >= 4 is 29.2 Å². The van der Waals surface area contributed by atoms with E-state index in [1.807, 2.05) is 35.7 Å². The van der Waals surface area contributed by atoms with Crippen LogP contribution in [0.3, 0.4) is 0 Å². The molecule has 140 valence electrons. The van der Waals surface area contributed by atoms with E-state index in [1.165, 1.54) is 0 Å². The molecule has 1 N–H and O–H groups in total. The monoisotopic (exact) mass is 385 g/mol. The molecule has 0 atom stereocenters. The van der Waals surface area contributed by atoms with Gasteiger partial charge in [-0.3, -0.25) is 4.79 Å². The lowest BCUT2D eigenvalue weighted by atomic mass is 10.1. The van der Waals surface area contributed by atoms with Crippen molar-refractivity contribution in [1.29, 1.82) is 0 Å². The van der Waals surface area contributed by atoms with Crippen molar-refractivity contribution in [1.82, 2.24) is 14.7 Å². The zero-order valence-corrected chi connectivity index (χ0v) is 16.1. The summed E-state index contributed by atoms with van der Waals surface area (Å²) < 4.78 is 12.6. The van der Waals surface area contributed by atoms with Gasteiger partial charge in [-0.25, -0.2) is 4.98 Å². The third-order valence-corrected chi connectivity index (χ3v) is 4.23. The molecule has 1 aromatic carbocycles. The van der Waals surface area contributed by atoms with Crippen molar-refractivity contribution < 1.29 is 14.3 Å². The molecule has 7 heteroatoms. The van der Waals surface area contributed by atoms with Crippen molar-refractivity contribution in [2.24, 2.45) is 0 Å². The molecule has 0 spiro atoms. The van der Waals surface area contributed by atoms with E-state index in [9.17, 15) is 4.79 Å². The fraction of sp³-hybridized carbons (Fsp3) is 0.200. The van der Waals surface area contributed by atoms with Gasteiger partial charge < -0.3 is 19.2 Å². The van der Waals surface area contributed by atoms with E-state index in [4.69, 9.17) is 21.1 Å². The third kappa shape index (κ3) is 4.06. The van der Waals surface area contributed by atoms with Crippen LogP contribution in [-0.4, -0.2) is 29.5 Å². The number of carbonyl (C=O) groups is 1. The number of hydrogen-bond donors (Lipinski definition) is 1. The van der Waals surface area contributed by atoms with Gasteiger partial charge >= 0.3 is 0 Å². The number of benzene rings is 1. The second-order valence-electron chi connectivity index (χ2n) is 5.83. The SMILES string of the molecule is C/C=C/c1cc(C(=O)NCc2cn3cc(Cl)ccc3n2)cc(OC)c1OC. The molecule has 2 heterocycles. The lowest BCUT2D eigenvalue weighted by Gasteiger charge is -2.13. The number of amides is 1. The van der Waals surface area contributed by atoms with Crippen molar-refractivity contribution in [3.05, 3.63) is 64.6 Å². The molecule has 0 fully saturated rings. The van der Waals surface area contributed by atoms with Gasteiger partial charge in [-0.2, -0.15) is 0 Å². The number of aromatic nitrogens is 2. The fourth-order valence-electron chi connectivity index (χ4n) is 2.80. The van der Waals surface area contributed by atoms with Crippen molar-refractivity contribution in [2.75, 3.05) is 14.2 Å². The molecule has 2 aromatic heterocycles. The number of allylic oxidation sites excluding steroid dienone is 1. The molecule has 0 aliphatic heterocycles. The number of hydrogen-bond acceptors (Lipinski definition) is 4. The predicted molar refractivity (Wildman–Crippen MR) is 106 cm³/mol. The van der Waals surface area contributed by atoms with Crippen LogP contribution in [0.5, 0.6) is 11.5 Å². The van der Waals surface area contributed by atoms with E-state index in [1.54, 1.807) is 38.6 Å². The summed E-state index contributed by atoms with van der Waals surface area (Å²) in [5.41, 5.74) is 2.75. The Kier molecular flexibility index (Phi) is 5.66. The number of methoxy groups -OCH3 is 2. The van der Waals surface area contributed by atoms with Crippen molar-refractivity contribution in [2.45, 2.75) is 13.5 Å². The molecule has 0 saturated heterocycles. The molecule has 0 aliphatic rings. The number of nitrogens with one attached hydrogen (secondary N) is 1. The van der Waals surface area contributed by atoms with E-state index < -0.39 is 0 Å². The largest absolute Gasteiger partial charge is 0.493 e. The summed E-state index contributed by atoms with van der Waals surface area (Å²) in [7, 11) is 3.11. The van der Waals surface area contributed by atoms with Crippen LogP contribution in [0.1, 0.15) is 28.5 Å². The standard InChI is InChI=1S/C20H20ClN3O3/c1-4-5-13-8-14(9-17(26-2)19(13)27-3)20(25)22-10-16-12-24-11-15(21)6-7-18(24)23-16/h4-9,11-12H,10H2,1-3H3,(H,22,25)/b5-4+. The zero-order valence-electron chi connectivity index (χ0n) is 15.3. The Hall–Kier alpha value is -2.99. The number of carbonyl (C=O) groups excluding carboxylic acids is 1. The van der Waals surface area contributed by atoms with Gasteiger partial charge in [-0.1, -0.05) is 23.8 Å². The van der Waals surface area contributed by atoms with E-state index in [0.717, 1.165) is 16.9 Å². The molecular formula is C20H20ClN3O3. The summed E-state index contributed by atoms with van der Waals surface area (Å²) in [6.07, 6.45) is 7.35. The highest BCUT2D eigenvalue weighted by Crippen LogP contribution is 2.33. The summed E-state index contributed by atoms with van der Waals surface area (Å²) in [5, 5.41) is 3.50. The van der Waals surface area contributed by atoms with Gasteiger partial charge in [-0.15, -0.1) is 0 Å². The van der Waals surface area contributed by atoms with Crippen molar-refractivity contribution in [3.63, 3.8) is 0 Å². The average Bonchev–Trinajstić information content (AvgIpc) is 3.07. The highest BCUT2D eigenvalue weighted by atomic mass is 35.5. The number of fused-ring (bicyclic) bond motifs is 1. The van der Waals surface area contributed by atoms with E-state index in [2.05, 4.69) is 10.3 Å². The fourth-order valence-corrected chi connectivity index (χ4v) is 2.97. The van der Waals surface area contributed by atoms with Crippen LogP contribution in [0.25, 0.3) is 11.7 Å². The topological polar surface area (TPSA) is 64.9 Å². The molecule has 0 saturated carbocycles. The Balaban J connectivity index is 1.81. The van der Waals surface area contributed by atoms with E-state index >= 15 is 0 Å². The molecule has 27 heavy (non-hydrogen) atoms. The number of nitrogens with zero attached hydrogens (tertiary/aromatic N) is 2. The highest BCUT2D eigenvalue weighted by Gasteiger charge is 2.15. The molecule has 3 aromatic rings. The quantitative estimate of drug-likeness (QED) is 0.697. The summed E-state index contributed by atoms with van der Waals surface area (Å²) >= 11 is 5.98. The number of ether oxygens (including phenoxy) is 2. The predicted octanol–water partition coefficient (Wildman–Crippen LogP) is 3.97. The van der Waals surface area contributed by atoms with Gasteiger partial charge in [0.05, 0.1) is 31.5 Å². The molecule has 0 bridgehead atoms. The van der Waals surface area contributed by atoms with Crippen LogP contribution < -0.4 is 14.8 Å². The maximum absolute atomic E-state index is 12.6. The second kappa shape index (κ2) is 8.14. The van der Waals surface area contributed by atoms with Gasteiger partial charge in [0.25, 0.3) is 5.91 Å². The van der Waals surface area contributed by atoms with Gasteiger partial charge in [0.1, 0.15) is 5.65 Å². The first-order chi connectivity index (χ1) is 13.0. The first-order valence-corrected chi connectivity index (χ1v) is 8.73. The maximum atomic E-state index is 12.6. The average molecular weight is 386 g/mol. The van der Waals surface area contributed by atoms with Crippen LogP contribution in [0.4, 0.5) is 0 Å². The molecule has 0 aliphatic carbocycles. The molecular weight excluding hydrogens is 366 g/mol. The van der Waals surface area contributed by atoms with Gasteiger partial charge in [0.2, 0.25) is 0 Å². The Bertz CT molecular complexity index is 1010. The normalized spacial score (nSPS) is 11.1. The lowest BCUT2D eigenvalue weighted by Crippen LogP contribution is -2.23. The van der Waals surface area contributed by atoms with Crippen LogP contribution in [0, 0.1) is 0 Å². The van der Waals surface area contributed by atoms with Crippen LogP contribution >= 0.6 is 11.6 Å². The van der Waals surface area contributed by atoms with Gasteiger partial charge in [-0.05, 0) is 31.2 Å². The lowest BCUT2D eigenvalue weighted by molar-refractivity contribution is 0.0950. The maximum Gasteiger partial charge on any atom is 0.251 e. The molecule has 1 amide bonds. The number of halogens is 1. The van der Waals surface area contributed by atoms with E-state index in [0.29, 0.717) is 28.6 Å². The number of pyridine rings is 1. The molecule has 0 radical (unpaired) electrons. The van der Waals surface area contributed by atoms with Gasteiger partial charge in [0, 0.05) is 23.5 Å². The second-order valence-corrected chi connectivity index (χ2v) is 6.27. The molecule has 6 nitrogen and oxygen atoms in total. The Morgan fingerprint density at radius 2 is 2.07 bits per heavy atom. The first-order valence-electron chi connectivity index (χ1n) is 8.35. The number of rotatable bonds is 6. The smallest absolute Gasteiger partial charge is 0.251 e. The molecule has 3 rings (SSSR count). The minimum absolute atomic E-state index is 0.225. The number of imidazole rings is 1. The van der Waals surface area contributed by atoms with Crippen LogP contribution in [-0.2, 0) is 6.54 Å². The highest BCUT2D eigenvalue weighted by molar-refractivity contribution is 6.30. The third-order valence-electron chi connectivity index (χ3n) is 4.01. The Morgan fingerprint density at radius 1 is 1.26 bits per heavy atom. The van der Waals surface area contributed by atoms with Crippen molar-refractivity contribution in [3.8, 4) is 11.5 Å². The summed E-state index contributed by atoms with van der Waals surface area (Å²) in [5.74, 6) is 0.863. The minimum Gasteiger partial charge on any atom is -0.493 e. The first kappa shape index (κ1) is 18.8. The Morgan fingerprint density at radius 3 is 2.78 bits per heavy atom.